The highest BCUT2D eigenvalue weighted by Gasteiger charge is 2.38. The van der Waals surface area contributed by atoms with Gasteiger partial charge in [-0.2, -0.15) is 0 Å². The maximum absolute atomic E-state index is 10.8. The molecule has 1 fully saturated rings. The molecule has 1 N–H and O–H groups in total. The number of carboxylic acids is 1. The van der Waals surface area contributed by atoms with Gasteiger partial charge in [-0.25, -0.2) is 0 Å². The highest BCUT2D eigenvalue weighted by atomic mass is 79.9. The Labute approximate surface area is 81.5 Å². The van der Waals surface area contributed by atoms with Crippen molar-refractivity contribution in [2.45, 2.75) is 43.4 Å². The van der Waals surface area contributed by atoms with Crippen molar-refractivity contribution in [3.8, 4) is 0 Å². The first kappa shape index (κ1) is 10.0. The van der Waals surface area contributed by atoms with Crippen LogP contribution in [0.2, 0.25) is 0 Å². The summed E-state index contributed by atoms with van der Waals surface area (Å²) in [5, 5.41) is 8.87. The van der Waals surface area contributed by atoms with Gasteiger partial charge in [-0.1, -0.05) is 42.1 Å². The second-order valence-corrected chi connectivity index (χ2v) is 5.23. The number of hydrogen-bond acceptors (Lipinski definition) is 1. The molecule has 0 heterocycles. The van der Waals surface area contributed by atoms with Crippen LogP contribution >= 0.6 is 15.9 Å². The molecule has 1 saturated carbocycles. The van der Waals surface area contributed by atoms with Gasteiger partial charge in [0.25, 0.3) is 0 Å². The summed E-state index contributed by atoms with van der Waals surface area (Å²) in [5.41, 5.74) is 0. The van der Waals surface area contributed by atoms with Gasteiger partial charge in [-0.05, 0) is 12.8 Å². The van der Waals surface area contributed by atoms with Crippen LogP contribution in [0.4, 0.5) is 0 Å². The van der Waals surface area contributed by atoms with Gasteiger partial charge < -0.3 is 5.11 Å². The molecule has 0 aromatic rings. The molecule has 0 aliphatic heterocycles. The van der Waals surface area contributed by atoms with E-state index in [1.54, 1.807) is 6.92 Å². The second kappa shape index (κ2) is 3.77. The number of rotatable bonds is 2. The van der Waals surface area contributed by atoms with E-state index in [-0.39, 0.29) is 10.2 Å². The molecule has 1 rings (SSSR count). The van der Waals surface area contributed by atoms with Crippen LogP contribution < -0.4 is 0 Å². The predicted octanol–water partition coefficient (Wildman–Crippen LogP) is 2.80. The second-order valence-electron chi connectivity index (χ2n) is 3.66. The Balaban J connectivity index is 2.62. The molecule has 0 bridgehead atoms. The fourth-order valence-electron chi connectivity index (χ4n) is 1.79. The summed E-state index contributed by atoms with van der Waals surface area (Å²) >= 11 is 3.58. The molecular weight excluding hydrogens is 220 g/mol. The van der Waals surface area contributed by atoms with Crippen LogP contribution in [-0.4, -0.2) is 15.4 Å². The fourth-order valence-corrected chi connectivity index (χ4v) is 2.55. The number of aliphatic carboxylic acids is 1. The molecule has 12 heavy (non-hydrogen) atoms. The van der Waals surface area contributed by atoms with Gasteiger partial charge in [-0.3, -0.25) is 4.79 Å². The van der Waals surface area contributed by atoms with Gasteiger partial charge in [0.15, 0.2) is 0 Å². The predicted molar refractivity (Wildman–Crippen MR) is 51.5 cm³/mol. The summed E-state index contributed by atoms with van der Waals surface area (Å²) in [6.07, 6.45) is 5.56. The minimum atomic E-state index is -0.686. The van der Waals surface area contributed by atoms with Gasteiger partial charge in [0.1, 0.15) is 0 Å². The molecule has 0 aromatic heterocycles. The molecule has 0 amide bonds. The van der Waals surface area contributed by atoms with Gasteiger partial charge in [0.2, 0.25) is 0 Å². The zero-order chi connectivity index (χ0) is 9.19. The van der Waals surface area contributed by atoms with E-state index in [2.05, 4.69) is 15.9 Å². The van der Waals surface area contributed by atoms with Gasteiger partial charge >= 0.3 is 5.97 Å². The lowest BCUT2D eigenvalue weighted by Crippen LogP contribution is -2.36. The summed E-state index contributed by atoms with van der Waals surface area (Å²) < 4.78 is -0.128. The van der Waals surface area contributed by atoms with Gasteiger partial charge in [-0.15, -0.1) is 0 Å². The topological polar surface area (TPSA) is 37.3 Å². The number of carboxylic acid groups (broad SMARTS) is 1. The van der Waals surface area contributed by atoms with Crippen molar-refractivity contribution in [2.24, 2.45) is 5.92 Å². The Bertz CT molecular complexity index is 173. The van der Waals surface area contributed by atoms with Crippen LogP contribution in [0.5, 0.6) is 0 Å². The molecule has 0 aromatic carbocycles. The maximum atomic E-state index is 10.8. The van der Waals surface area contributed by atoms with Crippen molar-refractivity contribution in [2.75, 3.05) is 0 Å². The zero-order valence-corrected chi connectivity index (χ0v) is 8.93. The van der Waals surface area contributed by atoms with E-state index in [1.165, 1.54) is 6.42 Å². The monoisotopic (exact) mass is 234 g/mol. The first-order valence-corrected chi connectivity index (χ1v) is 5.27. The molecule has 0 spiro atoms. The van der Waals surface area contributed by atoms with E-state index in [9.17, 15) is 4.79 Å². The summed E-state index contributed by atoms with van der Waals surface area (Å²) in [7, 11) is 0. The first-order valence-electron chi connectivity index (χ1n) is 4.48. The third kappa shape index (κ3) is 2.00. The van der Waals surface area contributed by atoms with Crippen molar-refractivity contribution in [3.05, 3.63) is 0 Å². The third-order valence-electron chi connectivity index (χ3n) is 2.83. The first-order chi connectivity index (χ1) is 5.56. The summed E-state index contributed by atoms with van der Waals surface area (Å²) in [6.45, 7) is 1.79. The molecule has 1 atom stereocenters. The largest absolute Gasteiger partial charge is 0.481 e. The molecule has 0 radical (unpaired) electrons. The standard InChI is InChI=1S/C9H15BrO2/c1-7(8(11)12)9(10)5-3-2-4-6-9/h7H,2-6H2,1H3,(H,11,12)/t7-/m0/s1. The van der Waals surface area contributed by atoms with Crippen molar-refractivity contribution in [1.82, 2.24) is 0 Å². The lowest BCUT2D eigenvalue weighted by atomic mass is 9.80. The highest BCUT2D eigenvalue weighted by molar-refractivity contribution is 9.10. The normalized spacial score (nSPS) is 24.8. The van der Waals surface area contributed by atoms with Crippen LogP contribution in [0.3, 0.4) is 0 Å². The van der Waals surface area contributed by atoms with Crippen LogP contribution in [0, 0.1) is 5.92 Å². The van der Waals surface area contributed by atoms with Crippen molar-refractivity contribution in [3.63, 3.8) is 0 Å². The molecule has 2 nitrogen and oxygen atoms in total. The van der Waals surface area contributed by atoms with Crippen LogP contribution in [-0.2, 0) is 4.79 Å². The van der Waals surface area contributed by atoms with E-state index in [4.69, 9.17) is 5.11 Å². The quantitative estimate of drug-likeness (QED) is 0.747. The summed E-state index contributed by atoms with van der Waals surface area (Å²) in [6, 6.07) is 0. The molecule has 0 unspecified atom stereocenters. The Hall–Kier alpha value is -0.0500. The molecule has 1 aliphatic rings. The Morgan fingerprint density at radius 1 is 1.42 bits per heavy atom. The minimum Gasteiger partial charge on any atom is -0.481 e. The lowest BCUT2D eigenvalue weighted by molar-refractivity contribution is -0.142. The molecule has 0 saturated heterocycles. The average molecular weight is 235 g/mol. The molecule has 3 heteroatoms. The van der Waals surface area contributed by atoms with E-state index in [1.807, 2.05) is 0 Å². The number of alkyl halides is 1. The van der Waals surface area contributed by atoms with Crippen molar-refractivity contribution in [1.29, 1.82) is 0 Å². The van der Waals surface area contributed by atoms with Gasteiger partial charge in [0.05, 0.1) is 5.92 Å². The smallest absolute Gasteiger partial charge is 0.307 e. The summed E-state index contributed by atoms with van der Waals surface area (Å²) in [5.74, 6) is -0.952. The number of halogens is 1. The zero-order valence-electron chi connectivity index (χ0n) is 7.35. The van der Waals surface area contributed by atoms with Crippen molar-refractivity contribution >= 4 is 21.9 Å². The number of carbonyl (C=O) groups is 1. The Morgan fingerprint density at radius 3 is 2.33 bits per heavy atom. The fraction of sp³-hybridized carbons (Fsp3) is 0.889. The van der Waals surface area contributed by atoms with E-state index in [0.29, 0.717) is 0 Å². The average Bonchev–Trinajstić information content (AvgIpc) is 2.04. The third-order valence-corrected chi connectivity index (χ3v) is 4.31. The minimum absolute atomic E-state index is 0.128. The van der Waals surface area contributed by atoms with E-state index in [0.717, 1.165) is 25.7 Å². The van der Waals surface area contributed by atoms with Gasteiger partial charge in [0, 0.05) is 4.32 Å². The van der Waals surface area contributed by atoms with Crippen LogP contribution in [0.25, 0.3) is 0 Å². The number of hydrogen-bond donors (Lipinski definition) is 1. The summed E-state index contributed by atoms with van der Waals surface area (Å²) in [4.78, 5) is 10.8. The van der Waals surface area contributed by atoms with Crippen LogP contribution in [0.1, 0.15) is 39.0 Å². The van der Waals surface area contributed by atoms with E-state index >= 15 is 0 Å². The Kier molecular flexibility index (Phi) is 3.16. The van der Waals surface area contributed by atoms with Crippen molar-refractivity contribution < 1.29 is 9.90 Å². The molecular formula is C9H15BrO2. The molecule has 70 valence electrons. The van der Waals surface area contributed by atoms with Crippen LogP contribution in [0.15, 0.2) is 0 Å². The molecule has 1 aliphatic carbocycles. The SMILES string of the molecule is C[C@@H](C(=O)O)C1(Br)CCCCC1. The lowest BCUT2D eigenvalue weighted by Gasteiger charge is -2.34. The van der Waals surface area contributed by atoms with E-state index < -0.39 is 5.97 Å². The maximum Gasteiger partial charge on any atom is 0.307 e. The Morgan fingerprint density at radius 2 is 1.92 bits per heavy atom. The highest BCUT2D eigenvalue weighted by Crippen LogP contribution is 2.41.